The zero-order valence-electron chi connectivity index (χ0n) is 7.52. The topological polar surface area (TPSA) is 43.4 Å². The first-order valence-electron chi connectivity index (χ1n) is 4.15. The molecule has 0 aliphatic carbocycles. The Labute approximate surface area is 85.4 Å². The number of carbonyl (C=O) groups excluding carboxylic acids is 2. The Kier molecular flexibility index (Phi) is 2.29. The molecule has 0 fully saturated rings. The SMILES string of the molecule is CC(=O)OC1Sc2ccccc2C1=O. The van der Waals surface area contributed by atoms with E-state index in [1.165, 1.54) is 18.7 Å². The van der Waals surface area contributed by atoms with Crippen LogP contribution in [-0.4, -0.2) is 17.2 Å². The standard InChI is InChI=1S/C10H8O3S/c1-6(11)13-10-9(12)7-4-2-3-5-8(7)14-10/h2-5,10H,1H3. The third kappa shape index (κ3) is 1.53. The van der Waals surface area contributed by atoms with Crippen LogP contribution >= 0.6 is 11.8 Å². The number of rotatable bonds is 1. The van der Waals surface area contributed by atoms with Gasteiger partial charge in [0.2, 0.25) is 11.2 Å². The van der Waals surface area contributed by atoms with Gasteiger partial charge in [-0.2, -0.15) is 0 Å². The average Bonchev–Trinajstić information content (AvgIpc) is 2.44. The number of hydrogen-bond donors (Lipinski definition) is 0. The zero-order valence-corrected chi connectivity index (χ0v) is 8.34. The molecule has 1 unspecified atom stereocenters. The number of ketones is 1. The van der Waals surface area contributed by atoms with Gasteiger partial charge in [-0.3, -0.25) is 9.59 Å². The summed E-state index contributed by atoms with van der Waals surface area (Å²) in [6.07, 6.45) is 0. The third-order valence-corrected chi connectivity index (χ3v) is 3.01. The van der Waals surface area contributed by atoms with Crippen LogP contribution in [0.2, 0.25) is 0 Å². The predicted molar refractivity (Wildman–Crippen MR) is 52.2 cm³/mol. The van der Waals surface area contributed by atoms with Gasteiger partial charge in [0.15, 0.2) is 0 Å². The van der Waals surface area contributed by atoms with Crippen molar-refractivity contribution in [2.75, 3.05) is 0 Å². The molecule has 72 valence electrons. The third-order valence-electron chi connectivity index (χ3n) is 1.87. The largest absolute Gasteiger partial charge is 0.443 e. The Bertz CT molecular complexity index is 400. The minimum Gasteiger partial charge on any atom is -0.443 e. The second kappa shape index (κ2) is 3.46. The first-order valence-corrected chi connectivity index (χ1v) is 5.03. The molecule has 1 heterocycles. The van der Waals surface area contributed by atoms with E-state index in [9.17, 15) is 9.59 Å². The molecule has 1 atom stereocenters. The maximum absolute atomic E-state index is 11.6. The summed E-state index contributed by atoms with van der Waals surface area (Å²) in [6.45, 7) is 1.30. The molecule has 2 rings (SSSR count). The predicted octanol–water partition coefficient (Wildman–Crippen LogP) is 1.86. The fourth-order valence-corrected chi connectivity index (χ4v) is 2.40. The summed E-state index contributed by atoms with van der Waals surface area (Å²) in [5.74, 6) is -0.551. The quantitative estimate of drug-likeness (QED) is 0.661. The molecule has 0 saturated carbocycles. The summed E-state index contributed by atoms with van der Waals surface area (Å²) in [6, 6.07) is 7.25. The second-order valence-corrected chi connectivity index (χ2v) is 4.02. The fourth-order valence-electron chi connectivity index (χ4n) is 1.30. The number of benzene rings is 1. The van der Waals surface area contributed by atoms with Gasteiger partial charge < -0.3 is 4.74 Å². The van der Waals surface area contributed by atoms with Crippen LogP contribution in [0.4, 0.5) is 0 Å². The molecular weight excluding hydrogens is 200 g/mol. The van der Waals surface area contributed by atoms with E-state index in [4.69, 9.17) is 4.74 Å². The van der Waals surface area contributed by atoms with Crippen molar-refractivity contribution in [3.8, 4) is 0 Å². The number of ether oxygens (including phenoxy) is 1. The van der Waals surface area contributed by atoms with E-state index in [0.717, 1.165) is 4.90 Å². The normalized spacial score (nSPS) is 19.2. The van der Waals surface area contributed by atoms with Gasteiger partial charge in [-0.15, -0.1) is 0 Å². The van der Waals surface area contributed by atoms with Crippen LogP contribution < -0.4 is 0 Å². The lowest BCUT2D eigenvalue weighted by atomic mass is 10.1. The molecule has 0 spiro atoms. The van der Waals surface area contributed by atoms with Gasteiger partial charge in [0.25, 0.3) is 0 Å². The summed E-state index contributed by atoms with van der Waals surface area (Å²) in [7, 11) is 0. The van der Waals surface area contributed by atoms with Crippen molar-refractivity contribution in [3.63, 3.8) is 0 Å². The molecule has 1 aromatic rings. The Morgan fingerprint density at radius 2 is 2.14 bits per heavy atom. The maximum atomic E-state index is 11.6. The van der Waals surface area contributed by atoms with Crippen molar-refractivity contribution >= 4 is 23.5 Å². The Morgan fingerprint density at radius 3 is 2.79 bits per heavy atom. The lowest BCUT2D eigenvalue weighted by molar-refractivity contribution is -0.141. The number of fused-ring (bicyclic) bond motifs is 1. The summed E-state index contributed by atoms with van der Waals surface area (Å²) in [5.41, 5.74) is -0.0475. The minimum absolute atomic E-state index is 0.124. The smallest absolute Gasteiger partial charge is 0.304 e. The van der Waals surface area contributed by atoms with Crippen LogP contribution in [0.15, 0.2) is 29.2 Å². The summed E-state index contributed by atoms with van der Waals surface area (Å²) in [5, 5.41) is 0. The van der Waals surface area contributed by atoms with E-state index in [0.29, 0.717) is 5.56 Å². The molecule has 0 radical (unpaired) electrons. The number of thioether (sulfide) groups is 1. The van der Waals surface area contributed by atoms with Gasteiger partial charge in [0, 0.05) is 17.4 Å². The molecule has 0 aromatic heterocycles. The highest BCUT2D eigenvalue weighted by Crippen LogP contribution is 2.37. The second-order valence-electron chi connectivity index (χ2n) is 2.92. The average molecular weight is 208 g/mol. The number of esters is 1. The van der Waals surface area contributed by atoms with Crippen molar-refractivity contribution < 1.29 is 14.3 Å². The lowest BCUT2D eigenvalue weighted by Gasteiger charge is -2.05. The molecule has 0 amide bonds. The summed E-state index contributed by atoms with van der Waals surface area (Å²) < 4.78 is 4.88. The van der Waals surface area contributed by atoms with Crippen molar-refractivity contribution in [1.29, 1.82) is 0 Å². The monoisotopic (exact) mass is 208 g/mol. The van der Waals surface area contributed by atoms with Crippen LogP contribution in [0.25, 0.3) is 0 Å². The number of Topliss-reactive ketones (excluding diaryl/α,β-unsaturated/α-hetero) is 1. The molecule has 1 aliphatic rings. The van der Waals surface area contributed by atoms with Gasteiger partial charge in [-0.25, -0.2) is 0 Å². The van der Waals surface area contributed by atoms with Gasteiger partial charge in [-0.1, -0.05) is 30.0 Å². The van der Waals surface area contributed by atoms with Crippen LogP contribution in [0.1, 0.15) is 17.3 Å². The van der Waals surface area contributed by atoms with E-state index in [2.05, 4.69) is 0 Å². The first kappa shape index (κ1) is 9.27. The van der Waals surface area contributed by atoms with Crippen molar-refractivity contribution in [1.82, 2.24) is 0 Å². The van der Waals surface area contributed by atoms with E-state index in [1.54, 1.807) is 12.1 Å². The van der Waals surface area contributed by atoms with E-state index in [1.807, 2.05) is 12.1 Å². The van der Waals surface area contributed by atoms with Crippen LogP contribution in [0, 0.1) is 0 Å². The number of hydrogen-bond acceptors (Lipinski definition) is 4. The van der Waals surface area contributed by atoms with Crippen molar-refractivity contribution in [2.24, 2.45) is 0 Å². The highest BCUT2D eigenvalue weighted by molar-refractivity contribution is 8.01. The summed E-state index contributed by atoms with van der Waals surface area (Å²) >= 11 is 1.28. The molecule has 1 aromatic carbocycles. The molecule has 1 aliphatic heterocycles. The molecular formula is C10H8O3S. The maximum Gasteiger partial charge on any atom is 0.304 e. The highest BCUT2D eigenvalue weighted by Gasteiger charge is 2.33. The highest BCUT2D eigenvalue weighted by atomic mass is 32.2. The molecule has 0 bridgehead atoms. The molecule has 0 N–H and O–H groups in total. The Hall–Kier alpha value is -1.29. The molecule has 14 heavy (non-hydrogen) atoms. The summed E-state index contributed by atoms with van der Waals surface area (Å²) in [4.78, 5) is 23.2. The lowest BCUT2D eigenvalue weighted by Crippen LogP contribution is -2.18. The van der Waals surface area contributed by atoms with Crippen LogP contribution in [0.5, 0.6) is 0 Å². The molecule has 4 heteroatoms. The van der Waals surface area contributed by atoms with E-state index >= 15 is 0 Å². The van der Waals surface area contributed by atoms with Crippen molar-refractivity contribution in [3.05, 3.63) is 29.8 Å². The van der Waals surface area contributed by atoms with E-state index < -0.39 is 11.4 Å². The number of carbonyl (C=O) groups is 2. The van der Waals surface area contributed by atoms with Crippen LogP contribution in [0.3, 0.4) is 0 Å². The van der Waals surface area contributed by atoms with Crippen LogP contribution in [-0.2, 0) is 9.53 Å². The van der Waals surface area contributed by atoms with Gasteiger partial charge in [-0.05, 0) is 6.07 Å². The van der Waals surface area contributed by atoms with E-state index in [-0.39, 0.29) is 5.78 Å². The Balaban J connectivity index is 2.26. The first-order chi connectivity index (χ1) is 6.68. The minimum atomic E-state index is -0.690. The molecule has 0 saturated heterocycles. The fraction of sp³-hybridized carbons (Fsp3) is 0.200. The van der Waals surface area contributed by atoms with Gasteiger partial charge in [0.05, 0.1) is 0 Å². The molecule has 3 nitrogen and oxygen atoms in total. The van der Waals surface area contributed by atoms with Gasteiger partial charge >= 0.3 is 5.97 Å². The zero-order chi connectivity index (χ0) is 10.1. The Morgan fingerprint density at radius 1 is 1.43 bits per heavy atom. The van der Waals surface area contributed by atoms with Crippen molar-refractivity contribution in [2.45, 2.75) is 17.3 Å². The van der Waals surface area contributed by atoms with Gasteiger partial charge in [0.1, 0.15) is 0 Å².